The Hall–Kier alpha value is -1.40. The molecule has 0 saturated carbocycles. The van der Waals surface area contributed by atoms with E-state index in [1.165, 1.54) is 17.4 Å². The fourth-order valence-electron chi connectivity index (χ4n) is 1.41. The van der Waals surface area contributed by atoms with Gasteiger partial charge in [0, 0.05) is 12.8 Å². The summed E-state index contributed by atoms with van der Waals surface area (Å²) in [5.41, 5.74) is 6.09. The van der Waals surface area contributed by atoms with Gasteiger partial charge in [-0.25, -0.2) is 8.78 Å². The zero-order valence-corrected chi connectivity index (χ0v) is 9.81. The Morgan fingerprint density at radius 2 is 1.88 bits per heavy atom. The monoisotopic (exact) mass is 255 g/mol. The molecule has 0 bridgehead atoms. The SMILES string of the molecule is NCCc1nnc(Cc2ccc(F)c(F)c2)s1. The molecule has 0 fully saturated rings. The normalized spacial score (nSPS) is 10.8. The standard InChI is InChI=1S/C11H11F2N3S/c12-8-2-1-7(5-9(8)13)6-11-16-15-10(17-11)3-4-14/h1-2,5H,3-4,6,14H2. The van der Waals surface area contributed by atoms with Crippen LogP contribution in [0, 0.1) is 11.6 Å². The van der Waals surface area contributed by atoms with Gasteiger partial charge in [0.25, 0.3) is 0 Å². The molecule has 90 valence electrons. The second-order valence-electron chi connectivity index (χ2n) is 3.55. The van der Waals surface area contributed by atoms with Gasteiger partial charge in [0.15, 0.2) is 11.6 Å². The van der Waals surface area contributed by atoms with Crippen LogP contribution in [-0.4, -0.2) is 16.7 Å². The number of hydrogen-bond acceptors (Lipinski definition) is 4. The van der Waals surface area contributed by atoms with Gasteiger partial charge >= 0.3 is 0 Å². The third kappa shape index (κ3) is 3.04. The number of aromatic nitrogens is 2. The molecular formula is C11H11F2N3S. The van der Waals surface area contributed by atoms with Gasteiger partial charge in [0.2, 0.25) is 0 Å². The minimum absolute atomic E-state index is 0.458. The number of halogens is 2. The highest BCUT2D eigenvalue weighted by Crippen LogP contribution is 2.16. The maximum atomic E-state index is 13.0. The van der Waals surface area contributed by atoms with Crippen LogP contribution in [0.2, 0.25) is 0 Å². The van der Waals surface area contributed by atoms with Crippen molar-refractivity contribution in [3.8, 4) is 0 Å². The van der Waals surface area contributed by atoms with E-state index in [2.05, 4.69) is 10.2 Å². The average molecular weight is 255 g/mol. The van der Waals surface area contributed by atoms with Gasteiger partial charge in [-0.2, -0.15) is 0 Å². The lowest BCUT2D eigenvalue weighted by Gasteiger charge is -1.98. The van der Waals surface area contributed by atoms with Gasteiger partial charge in [-0.05, 0) is 24.2 Å². The summed E-state index contributed by atoms with van der Waals surface area (Å²) in [6.07, 6.45) is 1.15. The van der Waals surface area contributed by atoms with Crippen molar-refractivity contribution in [3.63, 3.8) is 0 Å². The molecule has 2 rings (SSSR count). The first-order valence-electron chi connectivity index (χ1n) is 5.14. The minimum atomic E-state index is -0.839. The van der Waals surface area contributed by atoms with Crippen LogP contribution in [-0.2, 0) is 12.8 Å². The van der Waals surface area contributed by atoms with Crippen LogP contribution in [0.5, 0.6) is 0 Å². The van der Waals surface area contributed by atoms with Crippen molar-refractivity contribution in [2.75, 3.05) is 6.54 Å². The third-order valence-electron chi connectivity index (χ3n) is 2.21. The first kappa shape index (κ1) is 12.1. The van der Waals surface area contributed by atoms with Gasteiger partial charge < -0.3 is 5.73 Å². The number of benzene rings is 1. The highest BCUT2D eigenvalue weighted by Gasteiger charge is 2.07. The molecular weight excluding hydrogens is 244 g/mol. The Balaban J connectivity index is 2.11. The van der Waals surface area contributed by atoms with E-state index in [0.29, 0.717) is 24.9 Å². The predicted octanol–water partition coefficient (Wildman–Crippen LogP) is 1.91. The molecule has 0 unspecified atom stereocenters. The molecule has 0 atom stereocenters. The van der Waals surface area contributed by atoms with Crippen molar-refractivity contribution in [2.45, 2.75) is 12.8 Å². The summed E-state index contributed by atoms with van der Waals surface area (Å²) in [7, 11) is 0. The van der Waals surface area contributed by atoms with E-state index in [4.69, 9.17) is 5.73 Å². The van der Waals surface area contributed by atoms with Gasteiger partial charge in [0.05, 0.1) is 0 Å². The van der Waals surface area contributed by atoms with Gasteiger partial charge in [-0.15, -0.1) is 21.5 Å². The maximum Gasteiger partial charge on any atom is 0.159 e. The summed E-state index contributed by atoms with van der Waals surface area (Å²) in [5, 5.41) is 9.58. The minimum Gasteiger partial charge on any atom is -0.330 e. The van der Waals surface area contributed by atoms with Crippen LogP contribution in [0.15, 0.2) is 18.2 Å². The smallest absolute Gasteiger partial charge is 0.159 e. The van der Waals surface area contributed by atoms with E-state index in [0.717, 1.165) is 16.1 Å². The van der Waals surface area contributed by atoms with Crippen molar-refractivity contribution < 1.29 is 8.78 Å². The third-order valence-corrected chi connectivity index (χ3v) is 3.19. The molecule has 3 nitrogen and oxygen atoms in total. The molecule has 0 aliphatic rings. The Bertz CT molecular complexity index is 513. The molecule has 0 aliphatic carbocycles. The summed E-state index contributed by atoms with van der Waals surface area (Å²) in [5.74, 6) is -1.68. The number of rotatable bonds is 4. The average Bonchev–Trinajstić information content (AvgIpc) is 2.72. The van der Waals surface area contributed by atoms with Crippen LogP contribution in [0.3, 0.4) is 0 Å². The molecule has 0 amide bonds. The summed E-state index contributed by atoms with van der Waals surface area (Å²) in [4.78, 5) is 0. The van der Waals surface area contributed by atoms with Crippen LogP contribution < -0.4 is 5.73 Å². The molecule has 0 saturated heterocycles. The van der Waals surface area contributed by atoms with Crippen molar-refractivity contribution in [1.29, 1.82) is 0 Å². The summed E-state index contributed by atoms with van der Waals surface area (Å²) < 4.78 is 25.7. The molecule has 1 aromatic carbocycles. The second-order valence-corrected chi connectivity index (χ2v) is 4.70. The molecule has 2 aromatic rings. The lowest BCUT2D eigenvalue weighted by molar-refractivity contribution is 0.507. The molecule has 6 heteroatoms. The van der Waals surface area contributed by atoms with Gasteiger partial charge in [-0.1, -0.05) is 6.07 Å². The molecule has 0 radical (unpaired) electrons. The van der Waals surface area contributed by atoms with E-state index in [1.54, 1.807) is 6.07 Å². The zero-order valence-electron chi connectivity index (χ0n) is 8.99. The summed E-state index contributed by atoms with van der Waals surface area (Å²) in [6.45, 7) is 0.528. The topological polar surface area (TPSA) is 51.8 Å². The van der Waals surface area contributed by atoms with Crippen LogP contribution in [0.25, 0.3) is 0 Å². The molecule has 17 heavy (non-hydrogen) atoms. The number of hydrogen-bond donors (Lipinski definition) is 1. The predicted molar refractivity (Wildman–Crippen MR) is 61.8 cm³/mol. The maximum absolute atomic E-state index is 13.0. The first-order chi connectivity index (χ1) is 8.19. The lowest BCUT2D eigenvalue weighted by atomic mass is 10.1. The molecule has 2 N–H and O–H groups in total. The first-order valence-corrected chi connectivity index (χ1v) is 5.96. The van der Waals surface area contributed by atoms with E-state index >= 15 is 0 Å². The van der Waals surface area contributed by atoms with Crippen molar-refractivity contribution in [1.82, 2.24) is 10.2 Å². The summed E-state index contributed by atoms with van der Waals surface area (Å²) in [6, 6.07) is 3.84. The van der Waals surface area contributed by atoms with E-state index in [-0.39, 0.29) is 0 Å². The molecule has 1 aromatic heterocycles. The van der Waals surface area contributed by atoms with Crippen molar-refractivity contribution in [3.05, 3.63) is 45.4 Å². The number of nitrogens with two attached hydrogens (primary N) is 1. The Morgan fingerprint density at radius 3 is 2.59 bits per heavy atom. The Kier molecular flexibility index (Phi) is 3.75. The molecule has 0 spiro atoms. The van der Waals surface area contributed by atoms with Gasteiger partial charge in [0.1, 0.15) is 10.0 Å². The highest BCUT2D eigenvalue weighted by atomic mass is 32.1. The second kappa shape index (κ2) is 5.29. The number of nitrogens with zero attached hydrogens (tertiary/aromatic N) is 2. The lowest BCUT2D eigenvalue weighted by Crippen LogP contribution is -2.01. The zero-order chi connectivity index (χ0) is 12.3. The Morgan fingerprint density at radius 1 is 1.12 bits per heavy atom. The summed E-state index contributed by atoms with van der Waals surface area (Å²) >= 11 is 1.44. The Labute approximate surface area is 101 Å². The fourth-order valence-corrected chi connectivity index (χ4v) is 2.30. The van der Waals surface area contributed by atoms with E-state index < -0.39 is 11.6 Å². The molecule has 1 heterocycles. The van der Waals surface area contributed by atoms with E-state index in [9.17, 15) is 8.78 Å². The highest BCUT2D eigenvalue weighted by molar-refractivity contribution is 7.11. The van der Waals surface area contributed by atoms with E-state index in [1.807, 2.05) is 0 Å². The van der Waals surface area contributed by atoms with Gasteiger partial charge in [-0.3, -0.25) is 0 Å². The molecule has 0 aliphatic heterocycles. The van der Waals surface area contributed by atoms with Crippen LogP contribution in [0.1, 0.15) is 15.6 Å². The van der Waals surface area contributed by atoms with Crippen molar-refractivity contribution >= 4 is 11.3 Å². The largest absolute Gasteiger partial charge is 0.330 e. The van der Waals surface area contributed by atoms with Crippen LogP contribution >= 0.6 is 11.3 Å². The van der Waals surface area contributed by atoms with Crippen molar-refractivity contribution in [2.24, 2.45) is 5.73 Å². The fraction of sp³-hybridized carbons (Fsp3) is 0.273. The quantitative estimate of drug-likeness (QED) is 0.908. The van der Waals surface area contributed by atoms with Crippen LogP contribution in [0.4, 0.5) is 8.78 Å².